The second-order valence-electron chi connectivity index (χ2n) is 0.957. The lowest BCUT2D eigenvalue weighted by molar-refractivity contribution is -0.159. The topological polar surface area (TPSA) is 310 Å². The molecule has 13 heteroatoms. The highest BCUT2D eigenvalue weighted by Crippen LogP contribution is 1.56. The Kier molecular flexibility index (Phi) is 96.3. The highest BCUT2D eigenvalue weighted by molar-refractivity contribution is 6.30. The van der Waals surface area contributed by atoms with E-state index < -0.39 is 19.3 Å². The van der Waals surface area contributed by atoms with Crippen molar-refractivity contribution in [3.63, 3.8) is 0 Å². The van der Waals surface area contributed by atoms with Crippen molar-refractivity contribution in [3.8, 4) is 0 Å². The molecule has 0 atom stereocenters. The van der Waals surface area contributed by atoms with Gasteiger partial charge in [-0.1, -0.05) is 0 Å². The molecule has 15 heavy (non-hydrogen) atoms. The van der Waals surface area contributed by atoms with E-state index in [-0.39, 0.29) is 30.8 Å². The maximum Gasteiger partial charge on any atom is 0.631 e. The molecule has 0 aromatic heterocycles. The second-order valence-corrected chi connectivity index (χ2v) is 0.957. The SMILES string of the molecule is N.N.N.N.N.O=C(O)C(=O)O.OB(O)O. The number of carbonyl (C=O) groups is 2. The third-order valence-electron chi connectivity index (χ3n) is 0.183. The molecule has 0 rings (SSSR count). The van der Waals surface area contributed by atoms with E-state index in [1.807, 2.05) is 0 Å². The fourth-order valence-electron chi connectivity index (χ4n) is 0. The van der Waals surface area contributed by atoms with Crippen LogP contribution in [-0.2, 0) is 9.59 Å². The molecular formula is C2H20BN5O7. The van der Waals surface area contributed by atoms with Gasteiger partial charge in [0, 0.05) is 0 Å². The molecule has 0 saturated carbocycles. The molecule has 20 N–H and O–H groups in total. The Bertz CT molecular complexity index is 118. The quantitative estimate of drug-likeness (QED) is 0.160. The first kappa shape index (κ1) is 49.3. The third kappa shape index (κ3) is 201. The summed E-state index contributed by atoms with van der Waals surface area (Å²) in [6.45, 7) is 0. The first-order chi connectivity index (χ1) is 4.37. The van der Waals surface area contributed by atoms with Crippen LogP contribution in [0.15, 0.2) is 0 Å². The number of aliphatic carboxylic acids is 2. The number of carboxylic acid groups (broad SMARTS) is 2. The van der Waals surface area contributed by atoms with E-state index >= 15 is 0 Å². The van der Waals surface area contributed by atoms with Gasteiger partial charge in [0.2, 0.25) is 0 Å². The lowest BCUT2D eigenvalue weighted by Gasteiger charge is -1.72. The number of carboxylic acids is 2. The molecule has 0 aliphatic heterocycles. The van der Waals surface area contributed by atoms with Crippen LogP contribution in [0, 0.1) is 0 Å². The standard InChI is InChI=1S/C2H2O4.BH3O3.5H3N/c3-1(4)2(5)6;2-1(3)4;;;;;/h(H,3,4)(H,5,6);2-4H;5*1H3. The van der Waals surface area contributed by atoms with E-state index in [1.165, 1.54) is 0 Å². The highest BCUT2D eigenvalue weighted by atomic mass is 16.5. The van der Waals surface area contributed by atoms with Crippen LogP contribution in [0.4, 0.5) is 0 Å². The maximum atomic E-state index is 9.10. The average Bonchev–Trinajstić information content (AvgIpc) is 1.63. The normalized spacial score (nSPS) is 4.73. The molecule has 0 unspecified atom stereocenters. The fraction of sp³-hybridized carbons (Fsp3) is 0. The Labute approximate surface area is 86.0 Å². The van der Waals surface area contributed by atoms with Crippen molar-refractivity contribution in [1.82, 2.24) is 30.8 Å². The third-order valence-corrected chi connectivity index (χ3v) is 0.183. The summed E-state index contributed by atoms with van der Waals surface area (Å²) in [5, 5.41) is 36.3. The van der Waals surface area contributed by atoms with Gasteiger partial charge in [-0.3, -0.25) is 0 Å². The van der Waals surface area contributed by atoms with Crippen molar-refractivity contribution < 1.29 is 34.9 Å². The average molecular weight is 237 g/mol. The predicted octanol–water partition coefficient (Wildman–Crippen LogP) is -2.09. The number of hydrogen-bond donors (Lipinski definition) is 10. The summed E-state index contributed by atoms with van der Waals surface area (Å²) in [6.07, 6.45) is 0. The molecule has 0 radical (unpaired) electrons. The van der Waals surface area contributed by atoms with Gasteiger partial charge in [-0.2, -0.15) is 0 Å². The van der Waals surface area contributed by atoms with Gasteiger partial charge in [0.15, 0.2) is 0 Å². The Morgan fingerprint density at radius 2 is 0.733 bits per heavy atom. The maximum absolute atomic E-state index is 9.10. The summed E-state index contributed by atoms with van der Waals surface area (Å²) < 4.78 is 0. The van der Waals surface area contributed by atoms with E-state index in [2.05, 4.69) is 0 Å². The summed E-state index contributed by atoms with van der Waals surface area (Å²) in [5.74, 6) is -3.65. The van der Waals surface area contributed by atoms with E-state index in [0.29, 0.717) is 0 Å². The van der Waals surface area contributed by atoms with Crippen LogP contribution in [0.5, 0.6) is 0 Å². The Morgan fingerprint density at radius 1 is 0.667 bits per heavy atom. The zero-order valence-electron chi connectivity index (χ0n) is 8.17. The van der Waals surface area contributed by atoms with Crippen LogP contribution in [-0.4, -0.2) is 44.5 Å². The Morgan fingerprint density at radius 3 is 0.733 bits per heavy atom. The van der Waals surface area contributed by atoms with Crippen molar-refractivity contribution in [1.29, 1.82) is 0 Å². The first-order valence-electron chi connectivity index (χ1n) is 1.88. The molecule has 98 valence electrons. The minimum Gasteiger partial charge on any atom is -0.473 e. The van der Waals surface area contributed by atoms with Gasteiger partial charge in [-0.05, 0) is 0 Å². The van der Waals surface area contributed by atoms with Crippen LogP contribution < -0.4 is 30.8 Å². The molecule has 0 aliphatic rings. The molecule has 0 bridgehead atoms. The summed E-state index contributed by atoms with van der Waals surface area (Å²) in [4.78, 5) is 18.2. The second kappa shape index (κ2) is 29.3. The number of rotatable bonds is 0. The van der Waals surface area contributed by atoms with Crippen LogP contribution >= 0.6 is 0 Å². The molecule has 0 fully saturated rings. The summed E-state index contributed by atoms with van der Waals surface area (Å²) >= 11 is 0. The summed E-state index contributed by atoms with van der Waals surface area (Å²) in [6, 6.07) is 0. The van der Waals surface area contributed by atoms with Crippen molar-refractivity contribution >= 4 is 19.3 Å². The van der Waals surface area contributed by atoms with E-state index in [0.717, 1.165) is 0 Å². The van der Waals surface area contributed by atoms with Gasteiger partial charge in [-0.15, -0.1) is 0 Å². The monoisotopic (exact) mass is 237 g/mol. The molecule has 0 saturated heterocycles. The van der Waals surface area contributed by atoms with Gasteiger partial charge < -0.3 is 56.0 Å². The molecule has 0 aliphatic carbocycles. The van der Waals surface area contributed by atoms with E-state index in [1.54, 1.807) is 0 Å². The van der Waals surface area contributed by atoms with Gasteiger partial charge in [0.05, 0.1) is 0 Å². The van der Waals surface area contributed by atoms with Gasteiger partial charge >= 0.3 is 19.3 Å². The van der Waals surface area contributed by atoms with Crippen molar-refractivity contribution in [2.45, 2.75) is 0 Å². The van der Waals surface area contributed by atoms with Crippen LogP contribution in [0.2, 0.25) is 0 Å². The van der Waals surface area contributed by atoms with E-state index in [9.17, 15) is 0 Å². The highest BCUT2D eigenvalue weighted by Gasteiger charge is 2.04. The molecule has 0 spiro atoms. The van der Waals surface area contributed by atoms with Gasteiger partial charge in [0.1, 0.15) is 0 Å². The molecule has 0 amide bonds. The smallest absolute Gasteiger partial charge is 0.473 e. The van der Waals surface area contributed by atoms with Crippen LogP contribution in [0.1, 0.15) is 0 Å². The zero-order chi connectivity index (χ0) is 8.73. The predicted molar refractivity (Wildman–Crippen MR) is 52.8 cm³/mol. The van der Waals surface area contributed by atoms with Crippen LogP contribution in [0.25, 0.3) is 0 Å². The van der Waals surface area contributed by atoms with Gasteiger partial charge in [-0.25, -0.2) is 9.59 Å². The van der Waals surface area contributed by atoms with Crippen molar-refractivity contribution in [2.24, 2.45) is 0 Å². The largest absolute Gasteiger partial charge is 0.631 e. The molecule has 0 aromatic carbocycles. The summed E-state index contributed by atoms with van der Waals surface area (Å²) in [7, 11) is -2.17. The molecule has 12 nitrogen and oxygen atoms in total. The van der Waals surface area contributed by atoms with Crippen LogP contribution in [0.3, 0.4) is 0 Å². The van der Waals surface area contributed by atoms with Gasteiger partial charge in [0.25, 0.3) is 0 Å². The fourth-order valence-corrected chi connectivity index (χ4v) is 0. The van der Waals surface area contributed by atoms with Crippen molar-refractivity contribution in [2.75, 3.05) is 0 Å². The Hall–Kier alpha value is -1.32. The minimum absolute atomic E-state index is 0. The first-order valence-corrected chi connectivity index (χ1v) is 1.88. The summed E-state index contributed by atoms with van der Waals surface area (Å²) in [5.41, 5.74) is 0. The molecular weight excluding hydrogens is 217 g/mol. The minimum atomic E-state index is -2.17. The lowest BCUT2D eigenvalue weighted by atomic mass is 10.3. The van der Waals surface area contributed by atoms with Crippen molar-refractivity contribution in [3.05, 3.63) is 0 Å². The lowest BCUT2D eigenvalue weighted by Crippen LogP contribution is -2.09. The van der Waals surface area contributed by atoms with E-state index in [4.69, 9.17) is 34.9 Å². The molecule has 0 heterocycles. The molecule has 0 aromatic rings. The Balaban J connectivity index is -0.0000000133. The zero-order valence-corrected chi connectivity index (χ0v) is 8.17. The number of hydrogen-bond acceptors (Lipinski definition) is 10.